The number of hydrogen-bond acceptors (Lipinski definition) is 3. The summed E-state index contributed by atoms with van der Waals surface area (Å²) in [6.07, 6.45) is 2.26. The molecule has 0 amide bonds. The molecule has 1 aliphatic heterocycles. The van der Waals surface area contributed by atoms with E-state index in [1.807, 2.05) is 0 Å². The molecule has 0 saturated carbocycles. The first-order valence-electron chi connectivity index (χ1n) is 7.88. The molecule has 1 aliphatic rings. The summed E-state index contributed by atoms with van der Waals surface area (Å²) in [5.74, 6) is 1.04. The van der Waals surface area contributed by atoms with E-state index in [0.717, 1.165) is 44.8 Å². The van der Waals surface area contributed by atoms with E-state index in [1.165, 1.54) is 16.7 Å². The predicted octanol–water partition coefficient (Wildman–Crippen LogP) is 3.13. The minimum absolute atomic E-state index is 0.482. The van der Waals surface area contributed by atoms with Gasteiger partial charge in [-0.3, -0.25) is 4.90 Å². The summed E-state index contributed by atoms with van der Waals surface area (Å²) in [4.78, 5) is 2.43. The highest BCUT2D eigenvalue weighted by atomic mass is 16.5. The topological polar surface area (TPSA) is 24.5 Å². The van der Waals surface area contributed by atoms with Crippen molar-refractivity contribution >= 4 is 0 Å². The van der Waals surface area contributed by atoms with E-state index in [2.05, 4.69) is 43.1 Å². The number of ether oxygens (including phenoxy) is 1. The summed E-state index contributed by atoms with van der Waals surface area (Å²) in [6, 6.07) is 5.11. The third-order valence-corrected chi connectivity index (χ3v) is 4.40. The molecule has 0 aromatic heterocycles. The molecule has 0 fully saturated rings. The SMILES string of the molecule is CCC1NCCc2cc(CN(CC)CC)c(OC)cc21. The molecule has 3 nitrogen and oxygen atoms in total. The van der Waals surface area contributed by atoms with Crippen molar-refractivity contribution in [3.63, 3.8) is 0 Å². The lowest BCUT2D eigenvalue weighted by atomic mass is 9.90. The second-order valence-electron chi connectivity index (χ2n) is 5.49. The van der Waals surface area contributed by atoms with Crippen molar-refractivity contribution in [1.82, 2.24) is 10.2 Å². The maximum Gasteiger partial charge on any atom is 0.123 e. The number of fused-ring (bicyclic) bond motifs is 1. The first-order chi connectivity index (χ1) is 9.73. The van der Waals surface area contributed by atoms with Crippen LogP contribution in [0.2, 0.25) is 0 Å². The Morgan fingerprint density at radius 2 is 2.00 bits per heavy atom. The maximum absolute atomic E-state index is 5.64. The Bertz CT molecular complexity index is 441. The Kier molecular flexibility index (Phi) is 5.44. The van der Waals surface area contributed by atoms with Gasteiger partial charge in [-0.05, 0) is 49.7 Å². The first kappa shape index (κ1) is 15.3. The minimum atomic E-state index is 0.482. The summed E-state index contributed by atoms with van der Waals surface area (Å²) >= 11 is 0. The molecule has 1 N–H and O–H groups in total. The van der Waals surface area contributed by atoms with Crippen LogP contribution in [0.25, 0.3) is 0 Å². The summed E-state index contributed by atoms with van der Waals surface area (Å²) in [7, 11) is 1.78. The maximum atomic E-state index is 5.64. The number of rotatable bonds is 6. The van der Waals surface area contributed by atoms with Gasteiger partial charge in [-0.2, -0.15) is 0 Å². The molecule has 0 bridgehead atoms. The molecule has 1 heterocycles. The molecular weight excluding hydrogens is 248 g/mol. The quantitative estimate of drug-likeness (QED) is 0.864. The molecule has 20 heavy (non-hydrogen) atoms. The Morgan fingerprint density at radius 1 is 1.25 bits per heavy atom. The lowest BCUT2D eigenvalue weighted by Crippen LogP contribution is -2.30. The molecule has 2 rings (SSSR count). The molecule has 1 atom stereocenters. The van der Waals surface area contributed by atoms with Gasteiger partial charge in [0, 0.05) is 18.2 Å². The summed E-state index contributed by atoms with van der Waals surface area (Å²) < 4.78 is 5.64. The molecule has 0 aliphatic carbocycles. The zero-order chi connectivity index (χ0) is 14.5. The van der Waals surface area contributed by atoms with Crippen LogP contribution in [0.4, 0.5) is 0 Å². The molecule has 0 radical (unpaired) electrons. The smallest absolute Gasteiger partial charge is 0.123 e. The Balaban J connectivity index is 2.33. The average molecular weight is 276 g/mol. The molecule has 1 aromatic carbocycles. The summed E-state index contributed by atoms with van der Waals surface area (Å²) in [6.45, 7) is 10.9. The highest BCUT2D eigenvalue weighted by molar-refractivity contribution is 5.45. The second-order valence-corrected chi connectivity index (χ2v) is 5.49. The van der Waals surface area contributed by atoms with E-state index in [0.29, 0.717) is 6.04 Å². The number of hydrogen-bond donors (Lipinski definition) is 1. The molecule has 0 spiro atoms. The second kappa shape index (κ2) is 7.09. The monoisotopic (exact) mass is 276 g/mol. The van der Waals surface area contributed by atoms with Crippen molar-refractivity contribution in [3.8, 4) is 5.75 Å². The number of benzene rings is 1. The van der Waals surface area contributed by atoms with Crippen LogP contribution in [0.15, 0.2) is 12.1 Å². The molecule has 112 valence electrons. The van der Waals surface area contributed by atoms with Gasteiger partial charge >= 0.3 is 0 Å². The van der Waals surface area contributed by atoms with Gasteiger partial charge in [0.2, 0.25) is 0 Å². The van der Waals surface area contributed by atoms with Crippen molar-refractivity contribution in [2.75, 3.05) is 26.7 Å². The van der Waals surface area contributed by atoms with Crippen molar-refractivity contribution in [1.29, 1.82) is 0 Å². The third-order valence-electron chi connectivity index (χ3n) is 4.40. The first-order valence-corrected chi connectivity index (χ1v) is 7.88. The normalized spacial score (nSPS) is 18.1. The van der Waals surface area contributed by atoms with Crippen molar-refractivity contribution < 1.29 is 4.74 Å². The van der Waals surface area contributed by atoms with Crippen LogP contribution >= 0.6 is 0 Å². The lowest BCUT2D eigenvalue weighted by Gasteiger charge is -2.28. The Morgan fingerprint density at radius 3 is 2.60 bits per heavy atom. The van der Waals surface area contributed by atoms with Crippen LogP contribution in [0.5, 0.6) is 5.75 Å². The van der Waals surface area contributed by atoms with Crippen molar-refractivity contribution in [3.05, 3.63) is 28.8 Å². The van der Waals surface area contributed by atoms with Gasteiger partial charge in [0.1, 0.15) is 5.75 Å². The third kappa shape index (κ3) is 3.15. The Hall–Kier alpha value is -1.06. The van der Waals surface area contributed by atoms with E-state index in [-0.39, 0.29) is 0 Å². The molecule has 1 aromatic rings. The molecule has 3 heteroatoms. The highest BCUT2D eigenvalue weighted by Crippen LogP contribution is 2.32. The zero-order valence-corrected chi connectivity index (χ0v) is 13.3. The van der Waals surface area contributed by atoms with Gasteiger partial charge in [0.25, 0.3) is 0 Å². The summed E-state index contributed by atoms with van der Waals surface area (Å²) in [5, 5.41) is 3.59. The van der Waals surface area contributed by atoms with Gasteiger partial charge in [0.05, 0.1) is 7.11 Å². The number of methoxy groups -OCH3 is 1. The highest BCUT2D eigenvalue weighted by Gasteiger charge is 2.21. The molecule has 1 unspecified atom stereocenters. The molecular formula is C17H28N2O. The van der Waals surface area contributed by atoms with Gasteiger partial charge in [-0.25, -0.2) is 0 Å². The van der Waals surface area contributed by atoms with E-state index < -0.39 is 0 Å². The standard InChI is InChI=1S/C17H28N2O/c1-5-16-15-11-17(20-4)14(12-19(6-2)7-3)10-13(15)8-9-18-16/h10-11,16,18H,5-9,12H2,1-4H3. The predicted molar refractivity (Wildman–Crippen MR) is 84.4 cm³/mol. The summed E-state index contributed by atoms with van der Waals surface area (Å²) in [5.41, 5.74) is 4.25. The lowest BCUT2D eigenvalue weighted by molar-refractivity contribution is 0.288. The molecule has 0 saturated heterocycles. The average Bonchev–Trinajstić information content (AvgIpc) is 2.50. The fourth-order valence-corrected chi connectivity index (χ4v) is 3.09. The fourth-order valence-electron chi connectivity index (χ4n) is 3.09. The largest absolute Gasteiger partial charge is 0.496 e. The van der Waals surface area contributed by atoms with Crippen molar-refractivity contribution in [2.45, 2.75) is 46.2 Å². The van der Waals surface area contributed by atoms with E-state index in [9.17, 15) is 0 Å². The zero-order valence-electron chi connectivity index (χ0n) is 13.3. The van der Waals surface area contributed by atoms with Gasteiger partial charge in [-0.1, -0.05) is 26.8 Å². The Labute approximate surface area is 123 Å². The van der Waals surface area contributed by atoms with E-state index in [1.54, 1.807) is 7.11 Å². The van der Waals surface area contributed by atoms with Crippen LogP contribution in [-0.2, 0) is 13.0 Å². The van der Waals surface area contributed by atoms with Crippen LogP contribution in [0, 0.1) is 0 Å². The van der Waals surface area contributed by atoms with Crippen LogP contribution < -0.4 is 10.1 Å². The van der Waals surface area contributed by atoms with Crippen LogP contribution in [0.3, 0.4) is 0 Å². The fraction of sp³-hybridized carbons (Fsp3) is 0.647. The van der Waals surface area contributed by atoms with E-state index in [4.69, 9.17) is 4.74 Å². The van der Waals surface area contributed by atoms with Gasteiger partial charge < -0.3 is 10.1 Å². The number of nitrogens with zero attached hydrogens (tertiary/aromatic N) is 1. The van der Waals surface area contributed by atoms with Crippen LogP contribution in [0.1, 0.15) is 49.9 Å². The van der Waals surface area contributed by atoms with Gasteiger partial charge in [0.15, 0.2) is 0 Å². The van der Waals surface area contributed by atoms with E-state index >= 15 is 0 Å². The number of nitrogens with one attached hydrogen (secondary N) is 1. The van der Waals surface area contributed by atoms with Gasteiger partial charge in [-0.15, -0.1) is 0 Å². The minimum Gasteiger partial charge on any atom is -0.496 e. The van der Waals surface area contributed by atoms with Crippen LogP contribution in [-0.4, -0.2) is 31.6 Å². The van der Waals surface area contributed by atoms with Crippen molar-refractivity contribution in [2.24, 2.45) is 0 Å².